The smallest absolute Gasteiger partial charge is 0.321 e. The molecule has 2 N–H and O–H groups in total. The molecule has 0 radical (unpaired) electrons. The van der Waals surface area contributed by atoms with Crippen molar-refractivity contribution in [1.82, 2.24) is 24.7 Å². The van der Waals surface area contributed by atoms with Crippen molar-refractivity contribution in [3.05, 3.63) is 46.5 Å². The maximum atomic E-state index is 12.6. The van der Waals surface area contributed by atoms with Crippen molar-refractivity contribution in [2.24, 2.45) is 5.92 Å². The Bertz CT molecular complexity index is 838. The number of piperidine rings is 1. The third-order valence-electron chi connectivity index (χ3n) is 5.88. The lowest BCUT2D eigenvalue weighted by Gasteiger charge is -2.39. The van der Waals surface area contributed by atoms with Crippen LogP contribution in [-0.4, -0.2) is 76.5 Å². The number of likely N-dealkylation sites (tertiary alicyclic amines) is 1. The largest absolute Gasteiger partial charge is 0.348 e. The Hall–Kier alpha value is -1.80. The zero-order valence-corrected chi connectivity index (χ0v) is 18.5. The van der Waals surface area contributed by atoms with Crippen molar-refractivity contribution in [2.75, 3.05) is 51.1 Å². The number of imidazole rings is 1. The molecule has 1 atom stereocenters. The molecule has 2 fully saturated rings. The lowest BCUT2D eigenvalue weighted by Crippen LogP contribution is -2.52. The van der Waals surface area contributed by atoms with Crippen molar-refractivity contribution in [1.29, 1.82) is 0 Å². The highest BCUT2D eigenvalue weighted by Crippen LogP contribution is 2.25. The number of nitrogens with one attached hydrogen (secondary N) is 2. The van der Waals surface area contributed by atoms with Crippen LogP contribution in [0.4, 0.5) is 10.5 Å². The number of benzene rings is 1. The molecule has 9 heteroatoms. The van der Waals surface area contributed by atoms with Gasteiger partial charge in [0.2, 0.25) is 0 Å². The molecule has 1 aromatic carbocycles. The molecule has 2 aliphatic rings. The quantitative estimate of drug-likeness (QED) is 0.726. The molecule has 30 heavy (non-hydrogen) atoms. The average molecular weight is 451 g/mol. The van der Waals surface area contributed by atoms with E-state index in [0.717, 1.165) is 58.2 Å². The van der Waals surface area contributed by atoms with E-state index < -0.39 is 0 Å². The van der Waals surface area contributed by atoms with Gasteiger partial charge in [-0.05, 0) is 43.5 Å². The Morgan fingerprint density at radius 1 is 1.13 bits per heavy atom. The number of anilines is 1. The van der Waals surface area contributed by atoms with Crippen molar-refractivity contribution < 1.29 is 4.79 Å². The van der Waals surface area contributed by atoms with Gasteiger partial charge in [-0.1, -0.05) is 23.2 Å². The van der Waals surface area contributed by atoms with Crippen LogP contribution in [0.15, 0.2) is 30.6 Å². The topological polar surface area (TPSA) is 67.5 Å². The van der Waals surface area contributed by atoms with Gasteiger partial charge in [-0.15, -0.1) is 0 Å². The molecule has 0 bridgehead atoms. The molecule has 0 aliphatic carbocycles. The number of H-pyrrole nitrogens is 1. The summed E-state index contributed by atoms with van der Waals surface area (Å²) in [5.41, 5.74) is 0.663. The fourth-order valence-corrected chi connectivity index (χ4v) is 4.61. The highest BCUT2D eigenvalue weighted by molar-refractivity contribution is 6.42. The van der Waals surface area contributed by atoms with Crippen LogP contribution in [0.3, 0.4) is 0 Å². The SMILES string of the molecule is O=C(Nc1ccc(Cl)c(Cl)c1)N1CCN(C[C@@H]2CCCN(Cc3ncc[nH]3)C2)CC1. The number of nitrogens with zero attached hydrogens (tertiary/aromatic N) is 4. The van der Waals surface area contributed by atoms with Gasteiger partial charge >= 0.3 is 6.03 Å². The monoisotopic (exact) mass is 450 g/mol. The van der Waals surface area contributed by atoms with Gasteiger partial charge < -0.3 is 15.2 Å². The first-order valence-corrected chi connectivity index (χ1v) is 11.3. The molecule has 2 amide bonds. The number of piperazine rings is 1. The number of hydrogen-bond donors (Lipinski definition) is 2. The Kier molecular flexibility index (Phi) is 7.15. The summed E-state index contributed by atoms with van der Waals surface area (Å²) in [5.74, 6) is 1.71. The molecule has 2 saturated heterocycles. The third-order valence-corrected chi connectivity index (χ3v) is 6.62. The first-order valence-electron chi connectivity index (χ1n) is 10.5. The van der Waals surface area contributed by atoms with E-state index in [1.165, 1.54) is 12.8 Å². The molecule has 7 nitrogen and oxygen atoms in total. The number of aromatic nitrogens is 2. The van der Waals surface area contributed by atoms with E-state index in [-0.39, 0.29) is 6.03 Å². The molecule has 3 heterocycles. The fourth-order valence-electron chi connectivity index (χ4n) is 4.32. The minimum atomic E-state index is -0.0877. The van der Waals surface area contributed by atoms with Gasteiger partial charge in [-0.25, -0.2) is 9.78 Å². The third kappa shape index (κ3) is 5.66. The summed E-state index contributed by atoms with van der Waals surface area (Å²) in [6.45, 7) is 7.51. The normalized spacial score (nSPS) is 21.0. The zero-order valence-electron chi connectivity index (χ0n) is 17.0. The second kappa shape index (κ2) is 10.0. The van der Waals surface area contributed by atoms with Crippen molar-refractivity contribution in [2.45, 2.75) is 19.4 Å². The molecule has 0 saturated carbocycles. The second-order valence-corrected chi connectivity index (χ2v) is 8.94. The molecule has 162 valence electrons. The minimum absolute atomic E-state index is 0.0877. The minimum Gasteiger partial charge on any atom is -0.348 e. The van der Waals surface area contributed by atoms with Crippen molar-refractivity contribution >= 4 is 34.9 Å². The maximum absolute atomic E-state index is 12.6. The number of urea groups is 1. The summed E-state index contributed by atoms with van der Waals surface area (Å²) in [6, 6.07) is 5.04. The zero-order chi connectivity index (χ0) is 20.9. The Morgan fingerprint density at radius 3 is 2.70 bits per heavy atom. The summed E-state index contributed by atoms with van der Waals surface area (Å²) in [6.07, 6.45) is 6.20. The number of carbonyl (C=O) groups excluding carboxylic acids is 1. The molecule has 2 aliphatic heterocycles. The van der Waals surface area contributed by atoms with Gasteiger partial charge in [0.15, 0.2) is 0 Å². The van der Waals surface area contributed by atoms with Crippen LogP contribution < -0.4 is 5.32 Å². The van der Waals surface area contributed by atoms with Gasteiger partial charge in [0.05, 0.1) is 16.6 Å². The van der Waals surface area contributed by atoms with E-state index in [0.29, 0.717) is 21.7 Å². The number of hydrogen-bond acceptors (Lipinski definition) is 4. The van der Waals surface area contributed by atoms with E-state index in [4.69, 9.17) is 23.2 Å². The van der Waals surface area contributed by atoms with Crippen LogP contribution in [0.2, 0.25) is 10.0 Å². The van der Waals surface area contributed by atoms with Gasteiger partial charge in [0.25, 0.3) is 0 Å². The summed E-state index contributed by atoms with van der Waals surface area (Å²) >= 11 is 12.0. The fraction of sp³-hybridized carbons (Fsp3) is 0.524. The summed E-state index contributed by atoms with van der Waals surface area (Å²) < 4.78 is 0. The number of amides is 2. The van der Waals surface area contributed by atoms with E-state index in [9.17, 15) is 4.79 Å². The average Bonchev–Trinajstić information content (AvgIpc) is 3.24. The van der Waals surface area contributed by atoms with Crippen LogP contribution in [0, 0.1) is 5.92 Å². The van der Waals surface area contributed by atoms with Gasteiger partial charge in [0, 0.05) is 57.3 Å². The van der Waals surface area contributed by atoms with Crippen LogP contribution in [0.1, 0.15) is 18.7 Å². The number of aromatic amines is 1. The highest BCUT2D eigenvalue weighted by atomic mass is 35.5. The van der Waals surface area contributed by atoms with E-state index in [1.807, 2.05) is 17.3 Å². The number of carbonyl (C=O) groups is 1. The van der Waals surface area contributed by atoms with Crippen LogP contribution >= 0.6 is 23.2 Å². The standard InChI is InChI=1S/C21H28Cl2N6O/c22-18-4-3-17(12-19(18)23)26-21(30)29-10-8-27(9-11-29)13-16-2-1-7-28(14-16)15-20-24-5-6-25-20/h3-6,12,16H,1-2,7-11,13-15H2,(H,24,25)(H,26,30)/t16-/m0/s1. The van der Waals surface area contributed by atoms with Gasteiger partial charge in [-0.3, -0.25) is 9.80 Å². The van der Waals surface area contributed by atoms with E-state index in [1.54, 1.807) is 18.2 Å². The van der Waals surface area contributed by atoms with Crippen LogP contribution in [-0.2, 0) is 6.54 Å². The lowest BCUT2D eigenvalue weighted by molar-refractivity contribution is 0.0975. The molecule has 1 aromatic heterocycles. The number of rotatable bonds is 5. The molecule has 2 aromatic rings. The maximum Gasteiger partial charge on any atom is 0.321 e. The summed E-state index contributed by atoms with van der Waals surface area (Å²) in [4.78, 5) is 27.0. The molecular formula is C21H28Cl2N6O. The van der Waals surface area contributed by atoms with Crippen molar-refractivity contribution in [3.8, 4) is 0 Å². The first kappa shape index (κ1) is 21.4. The summed E-state index contributed by atoms with van der Waals surface area (Å²) in [7, 11) is 0. The van der Waals surface area contributed by atoms with Crippen LogP contribution in [0.25, 0.3) is 0 Å². The Labute approximate surface area is 187 Å². The lowest BCUT2D eigenvalue weighted by atomic mass is 9.97. The Balaban J connectivity index is 1.21. The van der Waals surface area contributed by atoms with Gasteiger partial charge in [0.1, 0.15) is 5.82 Å². The first-order chi connectivity index (χ1) is 14.6. The second-order valence-electron chi connectivity index (χ2n) is 8.13. The van der Waals surface area contributed by atoms with Crippen molar-refractivity contribution in [3.63, 3.8) is 0 Å². The number of halogens is 2. The molecule has 0 spiro atoms. The molecule has 0 unspecified atom stereocenters. The van der Waals surface area contributed by atoms with E-state index >= 15 is 0 Å². The van der Waals surface area contributed by atoms with Gasteiger partial charge in [-0.2, -0.15) is 0 Å². The highest BCUT2D eigenvalue weighted by Gasteiger charge is 2.26. The molecular weight excluding hydrogens is 423 g/mol. The van der Waals surface area contributed by atoms with Crippen LogP contribution in [0.5, 0.6) is 0 Å². The predicted octanol–water partition coefficient (Wildman–Crippen LogP) is 3.78. The summed E-state index contributed by atoms with van der Waals surface area (Å²) in [5, 5.41) is 3.83. The van der Waals surface area contributed by atoms with E-state index in [2.05, 4.69) is 25.1 Å². The molecule has 4 rings (SSSR count). The predicted molar refractivity (Wildman–Crippen MR) is 120 cm³/mol. The Morgan fingerprint density at radius 2 is 1.97 bits per heavy atom.